The van der Waals surface area contributed by atoms with E-state index in [4.69, 9.17) is 5.10 Å². The zero-order valence-electron chi connectivity index (χ0n) is 30.9. The zero-order valence-corrected chi connectivity index (χ0v) is 30.9. The van der Waals surface area contributed by atoms with Gasteiger partial charge in [0.25, 0.3) is 11.8 Å². The van der Waals surface area contributed by atoms with E-state index < -0.39 is 23.8 Å². The summed E-state index contributed by atoms with van der Waals surface area (Å²) >= 11 is 0. The molecule has 4 fully saturated rings. The minimum atomic E-state index is -0.965. The maximum Gasteiger partial charge on any atom is 0.262 e. The van der Waals surface area contributed by atoms with Gasteiger partial charge < -0.3 is 19.3 Å². The van der Waals surface area contributed by atoms with E-state index in [9.17, 15) is 23.6 Å². The van der Waals surface area contributed by atoms with E-state index >= 15 is 0 Å². The van der Waals surface area contributed by atoms with Crippen LogP contribution in [0.4, 0.5) is 15.9 Å². The molecule has 286 valence electrons. The number of fused-ring (bicyclic) bond motifs is 2. The van der Waals surface area contributed by atoms with Crippen molar-refractivity contribution in [3.8, 4) is 11.3 Å². The molecule has 2 unspecified atom stereocenters. The number of carbonyl (C=O) groups is 4. The predicted molar refractivity (Wildman–Crippen MR) is 206 cm³/mol. The van der Waals surface area contributed by atoms with Gasteiger partial charge in [-0.1, -0.05) is 12.1 Å². The minimum Gasteiger partial charge on any atom is -0.371 e. The number of imidazole rings is 1. The van der Waals surface area contributed by atoms with Gasteiger partial charge in [-0.3, -0.25) is 29.4 Å². The smallest absolute Gasteiger partial charge is 0.262 e. The molecular weight excluding hydrogens is 714 g/mol. The number of halogens is 1. The Kier molecular flexibility index (Phi) is 8.46. The number of benzene rings is 2. The zero-order chi connectivity index (χ0) is 38.1. The van der Waals surface area contributed by atoms with Crippen molar-refractivity contribution in [2.24, 2.45) is 5.92 Å². The number of carbonyl (C=O) groups excluding carboxylic acids is 4. The lowest BCUT2D eigenvalue weighted by molar-refractivity contribution is -0.136. The van der Waals surface area contributed by atoms with E-state index in [1.165, 1.54) is 6.07 Å². The van der Waals surface area contributed by atoms with E-state index in [-0.39, 0.29) is 30.6 Å². The highest BCUT2D eigenvalue weighted by Crippen LogP contribution is 2.37. The number of hydrogen-bond donors (Lipinski definition) is 1. The second-order valence-electron chi connectivity index (χ2n) is 15.8. The fraction of sp³-hybridized carbons (Fsp3) is 0.381. The molecule has 0 saturated carbocycles. The molecule has 4 saturated heterocycles. The summed E-state index contributed by atoms with van der Waals surface area (Å²) in [6.07, 6.45) is 10.6. The van der Waals surface area contributed by atoms with Crippen LogP contribution in [0.25, 0.3) is 16.9 Å². The van der Waals surface area contributed by atoms with Gasteiger partial charge in [0.1, 0.15) is 17.7 Å². The molecule has 5 aliphatic heterocycles. The van der Waals surface area contributed by atoms with Crippen LogP contribution < -0.4 is 15.1 Å². The quantitative estimate of drug-likeness (QED) is 0.221. The van der Waals surface area contributed by atoms with E-state index in [0.29, 0.717) is 23.1 Å². The van der Waals surface area contributed by atoms with Crippen LogP contribution in [-0.4, -0.2) is 97.9 Å². The number of nitrogens with zero attached hydrogens (tertiary/aromatic N) is 8. The number of hydrogen-bond acceptors (Lipinski definition) is 9. The Morgan fingerprint density at radius 1 is 0.839 bits per heavy atom. The molecule has 8 heterocycles. The molecule has 0 aliphatic carbocycles. The van der Waals surface area contributed by atoms with Gasteiger partial charge in [0.05, 0.1) is 29.1 Å². The maximum atomic E-state index is 14.1. The number of nitrogens with one attached hydrogen (secondary N) is 1. The fourth-order valence-corrected chi connectivity index (χ4v) is 9.42. The molecular formula is C42H42FN9O4. The molecule has 3 aromatic heterocycles. The third-order valence-electron chi connectivity index (χ3n) is 12.4. The van der Waals surface area contributed by atoms with Crippen molar-refractivity contribution in [1.82, 2.24) is 34.3 Å². The lowest BCUT2D eigenvalue weighted by Gasteiger charge is -2.44. The van der Waals surface area contributed by atoms with E-state index in [1.807, 2.05) is 35.0 Å². The Balaban J connectivity index is 0.742. The summed E-state index contributed by atoms with van der Waals surface area (Å²) in [5.74, 6) is -0.793. The van der Waals surface area contributed by atoms with Gasteiger partial charge in [-0.05, 0) is 86.2 Å². The van der Waals surface area contributed by atoms with Gasteiger partial charge >= 0.3 is 0 Å². The summed E-state index contributed by atoms with van der Waals surface area (Å²) in [5.41, 5.74) is 5.30. The van der Waals surface area contributed by atoms with Gasteiger partial charge in [0.2, 0.25) is 11.8 Å². The molecule has 0 radical (unpaired) electrons. The molecule has 2 atom stereocenters. The summed E-state index contributed by atoms with van der Waals surface area (Å²) in [6.45, 7) is 5.66. The first-order valence-electron chi connectivity index (χ1n) is 19.6. The fourth-order valence-electron chi connectivity index (χ4n) is 9.42. The van der Waals surface area contributed by atoms with Crippen LogP contribution in [0.2, 0.25) is 0 Å². The van der Waals surface area contributed by atoms with Crippen molar-refractivity contribution in [2.45, 2.75) is 56.7 Å². The topological polar surface area (TPSA) is 128 Å². The number of anilines is 2. The van der Waals surface area contributed by atoms with Gasteiger partial charge in [0, 0.05) is 81.3 Å². The lowest BCUT2D eigenvalue weighted by Crippen LogP contribution is -2.54. The molecule has 5 aromatic rings. The summed E-state index contributed by atoms with van der Waals surface area (Å²) in [5, 5.41) is 7.30. The van der Waals surface area contributed by atoms with Gasteiger partial charge in [-0.2, -0.15) is 0 Å². The molecule has 14 heteroatoms. The first-order valence-corrected chi connectivity index (χ1v) is 19.6. The van der Waals surface area contributed by atoms with E-state index in [0.717, 1.165) is 104 Å². The average molecular weight is 756 g/mol. The predicted octanol–water partition coefficient (Wildman–Crippen LogP) is 4.85. The van der Waals surface area contributed by atoms with Crippen LogP contribution in [0.5, 0.6) is 0 Å². The lowest BCUT2D eigenvalue weighted by atomic mass is 9.95. The van der Waals surface area contributed by atoms with Crippen molar-refractivity contribution >= 4 is 40.8 Å². The van der Waals surface area contributed by atoms with Crippen LogP contribution in [0.1, 0.15) is 76.9 Å². The molecule has 56 heavy (non-hydrogen) atoms. The monoisotopic (exact) mass is 755 g/mol. The van der Waals surface area contributed by atoms with Crippen molar-refractivity contribution in [3.63, 3.8) is 0 Å². The number of aromatic nitrogens is 4. The van der Waals surface area contributed by atoms with Gasteiger partial charge in [-0.15, -0.1) is 5.10 Å². The van der Waals surface area contributed by atoms with Crippen LogP contribution in [0.15, 0.2) is 79.3 Å². The molecule has 0 spiro atoms. The molecule has 13 nitrogen and oxygen atoms in total. The molecule has 5 aliphatic rings. The van der Waals surface area contributed by atoms with Crippen molar-refractivity contribution in [1.29, 1.82) is 0 Å². The normalized spacial score (nSPS) is 22.3. The molecule has 1 N–H and O–H groups in total. The molecule has 2 aromatic carbocycles. The van der Waals surface area contributed by atoms with Crippen molar-refractivity contribution in [3.05, 3.63) is 102 Å². The Morgan fingerprint density at radius 3 is 2.50 bits per heavy atom. The second-order valence-corrected chi connectivity index (χ2v) is 15.8. The standard InChI is InChI=1S/C42H42FN9O4/c43-29-4-1-3-27(19-29)34-5-2-15-50(34)38-10-9-37-44-21-36(52(37)46-38)28-12-18-48(25-28)30-13-16-47(17-14-30)22-26-23-49(24-26)31-6-7-32-33(20-31)42(56)51(41(32)55)35-8-11-39(53)45-40(35)54/h1,3-4,6-7,9-10,12,18-21,25-26,30,34-35H,2,5,8,11,13-17,22-24H2,(H,45,53,54). The SMILES string of the molecule is O=C1CCC(N2C(=O)c3ccc(N4CC(CN5CCC(n6ccc(-c7cnc8ccc(N9CCCC9c9cccc(F)c9)nn78)c6)CC5)C4)cc3C2=O)C(=O)N1. The van der Waals surface area contributed by atoms with Gasteiger partial charge in [-0.25, -0.2) is 13.9 Å². The second kappa shape index (κ2) is 13.7. The number of imide groups is 2. The van der Waals surface area contributed by atoms with Crippen LogP contribution in [0.3, 0.4) is 0 Å². The van der Waals surface area contributed by atoms with Crippen molar-refractivity contribution in [2.75, 3.05) is 49.1 Å². The molecule has 4 amide bonds. The highest BCUT2D eigenvalue weighted by atomic mass is 19.1. The molecule has 0 bridgehead atoms. The summed E-state index contributed by atoms with van der Waals surface area (Å²) in [4.78, 5) is 63.2. The minimum absolute atomic E-state index is 0.0872. The highest BCUT2D eigenvalue weighted by molar-refractivity contribution is 6.23. The largest absolute Gasteiger partial charge is 0.371 e. The Hall–Kier alpha value is -5.89. The number of rotatable bonds is 8. The van der Waals surface area contributed by atoms with Gasteiger partial charge in [0.15, 0.2) is 5.65 Å². The third kappa shape index (κ3) is 6.03. The first kappa shape index (κ1) is 34.6. The highest BCUT2D eigenvalue weighted by Gasteiger charge is 2.45. The Labute approximate surface area is 322 Å². The van der Waals surface area contributed by atoms with Crippen LogP contribution in [-0.2, 0) is 9.59 Å². The maximum absolute atomic E-state index is 14.1. The summed E-state index contributed by atoms with van der Waals surface area (Å²) in [6, 6.07) is 17.9. The van der Waals surface area contributed by atoms with E-state index in [2.05, 4.69) is 48.0 Å². The van der Waals surface area contributed by atoms with Crippen LogP contribution in [0, 0.1) is 11.7 Å². The number of piperidine rings is 2. The number of amides is 4. The number of likely N-dealkylation sites (tertiary alicyclic amines) is 1. The Morgan fingerprint density at radius 2 is 1.68 bits per heavy atom. The molecule has 10 rings (SSSR count). The van der Waals surface area contributed by atoms with E-state index in [1.54, 1.807) is 24.3 Å². The average Bonchev–Trinajstić information content (AvgIpc) is 4.00. The first-order chi connectivity index (χ1) is 27.3. The third-order valence-corrected chi connectivity index (χ3v) is 12.4. The summed E-state index contributed by atoms with van der Waals surface area (Å²) in [7, 11) is 0. The van der Waals surface area contributed by atoms with Crippen LogP contribution >= 0.6 is 0 Å². The summed E-state index contributed by atoms with van der Waals surface area (Å²) < 4.78 is 18.3. The van der Waals surface area contributed by atoms with Crippen molar-refractivity contribution < 1.29 is 23.6 Å². The Bertz CT molecular complexity index is 2390.